The lowest BCUT2D eigenvalue weighted by Crippen LogP contribution is -2.49. The summed E-state index contributed by atoms with van der Waals surface area (Å²) in [5.41, 5.74) is 0. The van der Waals surface area contributed by atoms with Crippen LogP contribution in [0.15, 0.2) is 0 Å². The lowest BCUT2D eigenvalue weighted by Gasteiger charge is -2.35. The molecule has 1 rings (SSSR count). The van der Waals surface area contributed by atoms with Crippen molar-refractivity contribution in [2.45, 2.75) is 44.6 Å². The molecule has 20 heavy (non-hydrogen) atoms. The van der Waals surface area contributed by atoms with Crippen LogP contribution in [0, 0.1) is 0 Å². The molecule has 0 saturated carbocycles. The summed E-state index contributed by atoms with van der Waals surface area (Å²) >= 11 is 0. The molecule has 114 valence electrons. The monoisotopic (exact) mass is 286 g/mol. The van der Waals surface area contributed by atoms with E-state index in [1.807, 2.05) is 0 Å². The van der Waals surface area contributed by atoms with Crippen molar-refractivity contribution in [3.8, 4) is 0 Å². The zero-order chi connectivity index (χ0) is 15.0. The van der Waals surface area contributed by atoms with Gasteiger partial charge in [0.2, 0.25) is 0 Å². The van der Waals surface area contributed by atoms with E-state index in [1.165, 1.54) is 7.11 Å². The van der Waals surface area contributed by atoms with Gasteiger partial charge in [-0.1, -0.05) is 0 Å². The molecular formula is C13H22N2O5. The number of amides is 2. The van der Waals surface area contributed by atoms with Gasteiger partial charge in [0.1, 0.15) is 0 Å². The predicted octanol–water partition coefficient (Wildman–Crippen LogP) is 0.978. The number of urea groups is 1. The Hall–Kier alpha value is -1.79. The Labute approximate surface area is 118 Å². The van der Waals surface area contributed by atoms with Crippen LogP contribution in [0.1, 0.15) is 38.5 Å². The van der Waals surface area contributed by atoms with Gasteiger partial charge >= 0.3 is 18.0 Å². The SMILES string of the molecule is COC(=O)CCNC(=O)N1CCCCC1CCC(=O)O. The molecule has 0 aromatic carbocycles. The largest absolute Gasteiger partial charge is 0.481 e. The first-order chi connectivity index (χ1) is 9.54. The third kappa shape index (κ3) is 5.46. The number of likely N-dealkylation sites (tertiary alicyclic amines) is 1. The molecule has 1 aliphatic heterocycles. The van der Waals surface area contributed by atoms with Gasteiger partial charge < -0.3 is 20.1 Å². The fraction of sp³-hybridized carbons (Fsp3) is 0.769. The summed E-state index contributed by atoms with van der Waals surface area (Å²) in [5.74, 6) is -1.21. The van der Waals surface area contributed by atoms with Crippen molar-refractivity contribution >= 4 is 18.0 Å². The number of rotatable bonds is 6. The normalized spacial score (nSPS) is 18.4. The highest BCUT2D eigenvalue weighted by Crippen LogP contribution is 2.20. The summed E-state index contributed by atoms with van der Waals surface area (Å²) in [6, 6.07) is -0.262. The number of ether oxygens (including phenoxy) is 1. The highest BCUT2D eigenvalue weighted by molar-refractivity contribution is 5.76. The second-order valence-electron chi connectivity index (χ2n) is 4.83. The van der Waals surface area contributed by atoms with Gasteiger partial charge in [-0.3, -0.25) is 9.59 Å². The molecule has 0 spiro atoms. The summed E-state index contributed by atoms with van der Waals surface area (Å²) in [5, 5.41) is 11.4. The number of hydrogen-bond acceptors (Lipinski definition) is 4. The average Bonchev–Trinajstić information content (AvgIpc) is 2.45. The summed E-state index contributed by atoms with van der Waals surface area (Å²) < 4.78 is 4.49. The minimum Gasteiger partial charge on any atom is -0.481 e. The van der Waals surface area contributed by atoms with Crippen LogP contribution in [0.3, 0.4) is 0 Å². The van der Waals surface area contributed by atoms with Crippen molar-refractivity contribution in [1.82, 2.24) is 10.2 Å². The Bertz CT molecular complexity index is 359. The van der Waals surface area contributed by atoms with Crippen molar-refractivity contribution in [1.29, 1.82) is 0 Å². The van der Waals surface area contributed by atoms with Gasteiger partial charge in [0.25, 0.3) is 0 Å². The quantitative estimate of drug-likeness (QED) is 0.709. The van der Waals surface area contributed by atoms with Crippen molar-refractivity contribution in [3.05, 3.63) is 0 Å². The molecule has 0 bridgehead atoms. The number of esters is 1. The second-order valence-corrected chi connectivity index (χ2v) is 4.83. The standard InChI is InChI=1S/C13H22N2O5/c1-20-12(18)7-8-14-13(19)15-9-3-2-4-10(15)5-6-11(16)17/h10H,2-9H2,1H3,(H,14,19)(H,16,17). The van der Waals surface area contributed by atoms with E-state index in [-0.39, 0.29) is 37.4 Å². The first-order valence-corrected chi connectivity index (χ1v) is 6.87. The minimum atomic E-state index is -0.846. The van der Waals surface area contributed by atoms with Gasteiger partial charge in [-0.25, -0.2) is 4.79 Å². The van der Waals surface area contributed by atoms with Crippen LogP contribution in [0.4, 0.5) is 4.79 Å². The van der Waals surface area contributed by atoms with Crippen LogP contribution in [0.2, 0.25) is 0 Å². The Kier molecular flexibility index (Phi) is 6.83. The van der Waals surface area contributed by atoms with E-state index >= 15 is 0 Å². The van der Waals surface area contributed by atoms with Crippen LogP contribution < -0.4 is 5.32 Å². The summed E-state index contributed by atoms with van der Waals surface area (Å²) in [6.07, 6.45) is 3.44. The molecule has 0 aromatic heterocycles. The number of carbonyl (C=O) groups is 3. The molecule has 1 heterocycles. The van der Waals surface area contributed by atoms with Crippen LogP contribution >= 0.6 is 0 Å². The maximum atomic E-state index is 12.0. The van der Waals surface area contributed by atoms with Gasteiger partial charge in [-0.2, -0.15) is 0 Å². The summed E-state index contributed by atoms with van der Waals surface area (Å²) in [6.45, 7) is 0.863. The first kappa shape index (κ1) is 16.3. The van der Waals surface area contributed by atoms with Crippen LogP contribution in [-0.4, -0.2) is 54.2 Å². The third-order valence-corrected chi connectivity index (χ3v) is 3.41. The van der Waals surface area contributed by atoms with E-state index in [1.54, 1.807) is 4.90 Å². The fourth-order valence-electron chi connectivity index (χ4n) is 2.33. The number of methoxy groups -OCH3 is 1. The number of carboxylic acids is 1. The van der Waals surface area contributed by atoms with Crippen molar-refractivity contribution in [2.24, 2.45) is 0 Å². The number of hydrogen-bond donors (Lipinski definition) is 2. The molecule has 0 aliphatic carbocycles. The zero-order valence-electron chi connectivity index (χ0n) is 11.8. The molecule has 1 atom stereocenters. The Morgan fingerprint density at radius 2 is 2.05 bits per heavy atom. The van der Waals surface area contributed by atoms with Gasteiger partial charge in [-0.15, -0.1) is 0 Å². The van der Waals surface area contributed by atoms with Crippen LogP contribution in [0.5, 0.6) is 0 Å². The molecule has 7 nitrogen and oxygen atoms in total. The molecule has 1 unspecified atom stereocenters. The molecule has 1 fully saturated rings. The fourth-order valence-corrected chi connectivity index (χ4v) is 2.33. The number of nitrogens with zero attached hydrogens (tertiary/aromatic N) is 1. The second kappa shape index (κ2) is 8.39. The number of carbonyl (C=O) groups excluding carboxylic acids is 2. The van der Waals surface area contributed by atoms with Crippen LogP contribution in [-0.2, 0) is 14.3 Å². The average molecular weight is 286 g/mol. The van der Waals surface area contributed by atoms with Gasteiger partial charge in [-0.05, 0) is 25.7 Å². The highest BCUT2D eigenvalue weighted by atomic mass is 16.5. The number of aliphatic carboxylic acids is 1. The van der Waals surface area contributed by atoms with Crippen molar-refractivity contribution in [2.75, 3.05) is 20.2 Å². The van der Waals surface area contributed by atoms with Gasteiger partial charge in [0, 0.05) is 25.6 Å². The topological polar surface area (TPSA) is 95.9 Å². The van der Waals surface area contributed by atoms with E-state index in [0.29, 0.717) is 13.0 Å². The number of carboxylic acid groups (broad SMARTS) is 1. The van der Waals surface area contributed by atoms with E-state index in [4.69, 9.17) is 5.11 Å². The smallest absolute Gasteiger partial charge is 0.317 e. The molecule has 2 amide bonds. The molecule has 0 aromatic rings. The molecular weight excluding hydrogens is 264 g/mol. The zero-order valence-corrected chi connectivity index (χ0v) is 11.8. The van der Waals surface area contributed by atoms with Crippen molar-refractivity contribution in [3.63, 3.8) is 0 Å². The van der Waals surface area contributed by atoms with E-state index in [2.05, 4.69) is 10.1 Å². The van der Waals surface area contributed by atoms with E-state index in [9.17, 15) is 14.4 Å². The van der Waals surface area contributed by atoms with Gasteiger partial charge in [0.15, 0.2) is 0 Å². The highest BCUT2D eigenvalue weighted by Gasteiger charge is 2.26. The van der Waals surface area contributed by atoms with Gasteiger partial charge in [0.05, 0.1) is 13.5 Å². The Morgan fingerprint density at radius 3 is 2.70 bits per heavy atom. The Balaban J connectivity index is 2.41. The number of nitrogens with one attached hydrogen (secondary N) is 1. The molecule has 7 heteroatoms. The molecule has 0 radical (unpaired) electrons. The lowest BCUT2D eigenvalue weighted by molar-refractivity contribution is -0.140. The van der Waals surface area contributed by atoms with Crippen molar-refractivity contribution < 1.29 is 24.2 Å². The first-order valence-electron chi connectivity index (χ1n) is 6.87. The summed E-state index contributed by atoms with van der Waals surface area (Å²) in [7, 11) is 1.30. The minimum absolute atomic E-state index is 0.0297. The molecule has 2 N–H and O–H groups in total. The maximum Gasteiger partial charge on any atom is 0.317 e. The maximum absolute atomic E-state index is 12.0. The van der Waals surface area contributed by atoms with E-state index < -0.39 is 5.97 Å². The molecule has 1 saturated heterocycles. The van der Waals surface area contributed by atoms with E-state index in [0.717, 1.165) is 19.3 Å². The Morgan fingerprint density at radius 1 is 1.30 bits per heavy atom. The predicted molar refractivity (Wildman–Crippen MR) is 71.2 cm³/mol. The van der Waals surface area contributed by atoms with Crippen LogP contribution in [0.25, 0.3) is 0 Å². The summed E-state index contributed by atoms with van der Waals surface area (Å²) in [4.78, 5) is 35.3. The molecule has 1 aliphatic rings. The number of piperidine rings is 1. The lowest BCUT2D eigenvalue weighted by atomic mass is 9.98. The third-order valence-electron chi connectivity index (χ3n) is 3.41.